The first-order valence-corrected chi connectivity index (χ1v) is 25.8. The first kappa shape index (κ1) is 45.1. The van der Waals surface area contributed by atoms with Crippen molar-refractivity contribution in [2.75, 3.05) is 75.2 Å². The van der Waals surface area contributed by atoms with Crippen molar-refractivity contribution >= 4 is 80.1 Å². The Labute approximate surface area is 385 Å². The van der Waals surface area contributed by atoms with Crippen LogP contribution in [0.25, 0.3) is 11.0 Å². The Morgan fingerprint density at radius 2 is 1.57 bits per heavy atom. The number of carbonyl (C=O) groups is 2. The molecule has 5 aromatic rings. The van der Waals surface area contributed by atoms with Crippen LogP contribution in [0.15, 0.2) is 59.5 Å². The highest BCUT2D eigenvalue weighted by molar-refractivity contribution is 9.10. The third-order valence-corrected chi connectivity index (χ3v) is 15.7. The number of benzene rings is 3. The van der Waals surface area contributed by atoms with Gasteiger partial charge in [0.1, 0.15) is 35.9 Å². The van der Waals surface area contributed by atoms with Gasteiger partial charge in [0.25, 0.3) is 0 Å². The van der Waals surface area contributed by atoms with Crippen LogP contribution in [0.1, 0.15) is 74.0 Å². The summed E-state index contributed by atoms with van der Waals surface area (Å²) in [5.74, 6) is -1.82. The predicted molar refractivity (Wildman–Crippen MR) is 253 cm³/mol. The number of aromatic nitrogens is 4. The van der Waals surface area contributed by atoms with Crippen molar-refractivity contribution in [3.63, 3.8) is 0 Å². The van der Waals surface area contributed by atoms with E-state index < -0.39 is 36.5 Å². The number of ether oxygens (including phenoxy) is 1. The zero-order valence-electron chi connectivity index (χ0n) is 37.0. The fraction of sp³-hybridized carbons (Fsp3) is 0.447. The number of carbonyl (C=O) groups excluding carboxylic acids is 2. The average molecular weight is 972 g/mol. The molecule has 3 aliphatic heterocycles. The molecule has 3 saturated heterocycles. The molecular formula is C47H54BrF2N10O4P. The van der Waals surface area contributed by atoms with E-state index in [2.05, 4.69) is 80.6 Å². The van der Waals surface area contributed by atoms with Crippen LogP contribution >= 0.6 is 23.1 Å². The Balaban J connectivity index is 0.794. The van der Waals surface area contributed by atoms with Gasteiger partial charge in [-0.3, -0.25) is 34.7 Å². The summed E-state index contributed by atoms with van der Waals surface area (Å²) in [6.07, 6.45) is 9.73. The van der Waals surface area contributed by atoms with Gasteiger partial charge in [-0.2, -0.15) is 4.98 Å². The van der Waals surface area contributed by atoms with Gasteiger partial charge < -0.3 is 24.8 Å². The average Bonchev–Trinajstić information content (AvgIpc) is 3.27. The number of hydrogen-bond acceptors (Lipinski definition) is 13. The number of amides is 2. The highest BCUT2D eigenvalue weighted by atomic mass is 79.9. The standard InChI is InChI=1S/C47H54BrF2N10O4P/c1-5-27-24-38(55-47-53-26-33(48)45(57-47)54-37-8-7-36-43(52-13-12-51-36)44(37)65(3,4)63)40(64-2)25-39(27)60-14-10-30(11-15-60)58-16-18-59(19-17-58)31-20-28(21-31)29-22-34(49)42(35(50)23-29)32-6-9-41(61)56-46(32)62/h7-8,12-13,22-26,28,30-32H,5-6,9-11,14-21H2,1-4H3,(H,56,61,62)(H2,53,54,55,57). The molecule has 2 amide bonds. The molecule has 65 heavy (non-hydrogen) atoms. The number of methoxy groups -OCH3 is 1. The normalized spacial score (nSPS) is 21.3. The lowest BCUT2D eigenvalue weighted by molar-refractivity contribution is -0.134. The monoisotopic (exact) mass is 970 g/mol. The third kappa shape index (κ3) is 9.34. The fourth-order valence-corrected chi connectivity index (χ4v) is 11.8. The van der Waals surface area contributed by atoms with E-state index in [1.54, 1.807) is 39.0 Å². The molecule has 1 aliphatic carbocycles. The van der Waals surface area contributed by atoms with Crippen LogP contribution in [-0.4, -0.2) is 113 Å². The second-order valence-corrected chi connectivity index (χ2v) is 21.9. The summed E-state index contributed by atoms with van der Waals surface area (Å²) in [5, 5.41) is 9.57. The molecule has 342 valence electrons. The summed E-state index contributed by atoms with van der Waals surface area (Å²) >= 11 is 3.59. The van der Waals surface area contributed by atoms with Gasteiger partial charge in [0.05, 0.1) is 39.7 Å². The van der Waals surface area contributed by atoms with E-state index in [0.29, 0.717) is 61.7 Å². The summed E-state index contributed by atoms with van der Waals surface area (Å²) in [5.41, 5.74) is 5.40. The van der Waals surface area contributed by atoms with E-state index >= 15 is 8.78 Å². The fourth-order valence-electron chi connectivity index (χ4n) is 10.1. The molecule has 3 aromatic carbocycles. The number of imide groups is 1. The number of nitrogens with one attached hydrogen (secondary N) is 3. The molecule has 1 atom stereocenters. The lowest BCUT2D eigenvalue weighted by atomic mass is 9.74. The van der Waals surface area contributed by atoms with Crippen molar-refractivity contribution in [3.05, 3.63) is 87.8 Å². The molecular weight excluding hydrogens is 917 g/mol. The van der Waals surface area contributed by atoms with Crippen LogP contribution in [0.4, 0.5) is 37.6 Å². The summed E-state index contributed by atoms with van der Waals surface area (Å²) in [6.45, 7) is 11.4. The first-order valence-electron chi connectivity index (χ1n) is 22.4. The van der Waals surface area contributed by atoms with E-state index in [1.165, 1.54) is 17.7 Å². The van der Waals surface area contributed by atoms with E-state index in [9.17, 15) is 14.2 Å². The van der Waals surface area contributed by atoms with Crippen LogP contribution in [0, 0.1) is 11.6 Å². The van der Waals surface area contributed by atoms with Gasteiger partial charge in [0, 0.05) is 93.7 Å². The molecule has 0 bridgehead atoms. The van der Waals surface area contributed by atoms with Gasteiger partial charge in [0.15, 0.2) is 0 Å². The Kier molecular flexibility index (Phi) is 12.9. The Morgan fingerprint density at radius 1 is 0.877 bits per heavy atom. The minimum atomic E-state index is -2.78. The molecule has 4 aliphatic rings. The van der Waals surface area contributed by atoms with Crippen molar-refractivity contribution in [2.24, 2.45) is 0 Å². The highest BCUT2D eigenvalue weighted by Gasteiger charge is 2.39. The highest BCUT2D eigenvalue weighted by Crippen LogP contribution is 2.44. The lowest BCUT2D eigenvalue weighted by Gasteiger charge is -2.49. The molecule has 3 N–H and O–H groups in total. The zero-order valence-corrected chi connectivity index (χ0v) is 39.5. The number of nitrogens with zero attached hydrogens (tertiary/aromatic N) is 7. The van der Waals surface area contributed by atoms with Crippen LogP contribution in [-0.2, 0) is 20.6 Å². The molecule has 18 heteroatoms. The summed E-state index contributed by atoms with van der Waals surface area (Å²) in [7, 11) is -1.12. The molecule has 1 unspecified atom stereocenters. The van der Waals surface area contributed by atoms with Crippen molar-refractivity contribution in [1.29, 1.82) is 0 Å². The van der Waals surface area contributed by atoms with E-state index in [-0.39, 0.29) is 24.3 Å². The van der Waals surface area contributed by atoms with Crippen molar-refractivity contribution in [2.45, 2.75) is 75.8 Å². The van der Waals surface area contributed by atoms with Crippen molar-refractivity contribution in [1.82, 2.24) is 35.1 Å². The Morgan fingerprint density at radius 3 is 2.23 bits per heavy atom. The van der Waals surface area contributed by atoms with E-state index in [0.717, 1.165) is 82.7 Å². The maximum atomic E-state index is 15.2. The van der Waals surface area contributed by atoms with Crippen molar-refractivity contribution in [3.8, 4) is 5.75 Å². The minimum Gasteiger partial charge on any atom is -0.494 e. The number of fused-ring (bicyclic) bond motifs is 1. The largest absolute Gasteiger partial charge is 0.494 e. The minimum absolute atomic E-state index is 0.0718. The van der Waals surface area contributed by atoms with Gasteiger partial charge in [-0.15, -0.1) is 0 Å². The second-order valence-electron chi connectivity index (χ2n) is 17.9. The van der Waals surface area contributed by atoms with Crippen LogP contribution < -0.4 is 30.9 Å². The summed E-state index contributed by atoms with van der Waals surface area (Å²) < 4.78 is 50.6. The van der Waals surface area contributed by atoms with Gasteiger partial charge in [-0.1, -0.05) is 6.92 Å². The summed E-state index contributed by atoms with van der Waals surface area (Å²) in [6, 6.07) is 11.6. The van der Waals surface area contributed by atoms with Crippen LogP contribution in [0.3, 0.4) is 0 Å². The van der Waals surface area contributed by atoms with Gasteiger partial charge in [-0.25, -0.2) is 13.8 Å². The lowest BCUT2D eigenvalue weighted by Crippen LogP contribution is -2.57. The first-order chi connectivity index (χ1) is 31.3. The smallest absolute Gasteiger partial charge is 0.234 e. The molecule has 0 spiro atoms. The molecule has 0 radical (unpaired) electrons. The predicted octanol–water partition coefficient (Wildman–Crippen LogP) is 7.82. The second kappa shape index (κ2) is 18.7. The van der Waals surface area contributed by atoms with E-state index in [4.69, 9.17) is 9.72 Å². The van der Waals surface area contributed by atoms with Crippen LogP contribution in [0.5, 0.6) is 5.75 Å². The van der Waals surface area contributed by atoms with Gasteiger partial charge >= 0.3 is 0 Å². The molecule has 9 rings (SSSR count). The summed E-state index contributed by atoms with van der Waals surface area (Å²) in [4.78, 5) is 49.8. The molecule has 1 saturated carbocycles. The number of piperazine rings is 1. The quantitative estimate of drug-likeness (QED) is 0.0822. The molecule has 14 nitrogen and oxygen atoms in total. The molecule has 4 fully saturated rings. The SMILES string of the molecule is CCc1cc(Nc2ncc(Br)c(Nc3ccc4nccnc4c3P(C)(C)=O)n2)c(OC)cc1N1CCC(N2CCN(C3CC(c4cc(F)c(C5CCC(=O)NC5=O)c(F)c4)C3)CC2)CC1. The number of aryl methyl sites for hydroxylation is 1. The topological polar surface area (TPSA) is 158 Å². The van der Waals surface area contributed by atoms with Crippen molar-refractivity contribution < 1.29 is 27.7 Å². The number of halogens is 3. The zero-order chi connectivity index (χ0) is 45.6. The van der Waals surface area contributed by atoms with Gasteiger partial charge in [-0.05, 0) is 115 Å². The Hall–Kier alpha value is -5.09. The molecule has 2 aromatic heterocycles. The number of piperidine rings is 2. The Bertz CT molecular complexity index is 2660. The van der Waals surface area contributed by atoms with Crippen LogP contribution in [0.2, 0.25) is 0 Å². The maximum absolute atomic E-state index is 15.2. The van der Waals surface area contributed by atoms with Gasteiger partial charge in [0.2, 0.25) is 17.8 Å². The number of hydrogen-bond donors (Lipinski definition) is 3. The molecule has 5 heterocycles. The number of rotatable bonds is 12. The van der Waals surface area contributed by atoms with E-state index in [1.807, 2.05) is 12.1 Å². The third-order valence-electron chi connectivity index (χ3n) is 13.6. The maximum Gasteiger partial charge on any atom is 0.234 e. The number of anilines is 5.